The van der Waals surface area contributed by atoms with E-state index in [1.807, 2.05) is 13.0 Å². The van der Waals surface area contributed by atoms with Gasteiger partial charge in [-0.15, -0.1) is 11.3 Å². The van der Waals surface area contributed by atoms with Gasteiger partial charge in [-0.25, -0.2) is 8.42 Å². The molecule has 0 spiro atoms. The van der Waals surface area contributed by atoms with Gasteiger partial charge < -0.3 is 10.1 Å². The van der Waals surface area contributed by atoms with Crippen LogP contribution in [0.5, 0.6) is 0 Å². The number of ether oxygens (including phenoxy) is 1. The van der Waals surface area contributed by atoms with Gasteiger partial charge in [-0.1, -0.05) is 6.92 Å². The molecule has 1 unspecified atom stereocenters. The molecule has 1 fully saturated rings. The van der Waals surface area contributed by atoms with Crippen molar-refractivity contribution < 1.29 is 13.2 Å². The number of nitrogens with one attached hydrogen (secondary N) is 1. The third kappa shape index (κ3) is 3.59. The number of rotatable bonds is 7. The van der Waals surface area contributed by atoms with Crippen molar-refractivity contribution in [2.75, 3.05) is 33.4 Å². The number of sulfonamides is 1. The van der Waals surface area contributed by atoms with Gasteiger partial charge in [0.1, 0.15) is 4.21 Å². The van der Waals surface area contributed by atoms with Gasteiger partial charge in [0.25, 0.3) is 10.0 Å². The van der Waals surface area contributed by atoms with Crippen LogP contribution in [0.4, 0.5) is 0 Å². The predicted molar refractivity (Wildman–Crippen MR) is 80.4 cm³/mol. The lowest BCUT2D eigenvalue weighted by Crippen LogP contribution is -2.28. The first-order chi connectivity index (χ1) is 9.57. The Kier molecular flexibility index (Phi) is 5.57. The minimum atomic E-state index is -3.33. The molecule has 2 heterocycles. The lowest BCUT2D eigenvalue weighted by Gasteiger charge is -2.15. The van der Waals surface area contributed by atoms with Gasteiger partial charge in [-0.3, -0.25) is 0 Å². The van der Waals surface area contributed by atoms with Crippen LogP contribution < -0.4 is 5.32 Å². The zero-order valence-corrected chi connectivity index (χ0v) is 13.6. The Hall–Kier alpha value is -0.470. The maximum Gasteiger partial charge on any atom is 0.252 e. The van der Waals surface area contributed by atoms with Crippen molar-refractivity contribution in [2.45, 2.75) is 24.1 Å². The van der Waals surface area contributed by atoms with E-state index in [0.29, 0.717) is 29.8 Å². The fourth-order valence-electron chi connectivity index (χ4n) is 2.35. The zero-order valence-electron chi connectivity index (χ0n) is 12.0. The van der Waals surface area contributed by atoms with Crippen LogP contribution in [0, 0.1) is 5.92 Å². The van der Waals surface area contributed by atoms with Crippen LogP contribution in [-0.4, -0.2) is 46.1 Å². The van der Waals surface area contributed by atoms with Crippen LogP contribution in [0.15, 0.2) is 16.3 Å². The molecule has 2 rings (SSSR count). The van der Waals surface area contributed by atoms with Gasteiger partial charge in [0.15, 0.2) is 0 Å². The number of hydrogen-bond donors (Lipinski definition) is 1. The first kappa shape index (κ1) is 15.9. The largest absolute Gasteiger partial charge is 0.384 e. The van der Waals surface area contributed by atoms with E-state index in [9.17, 15) is 8.42 Å². The SMILES string of the molecule is CCNCc1ccc(S(=O)(=O)N2CCC(COC)C2)s1. The third-order valence-corrected chi connectivity index (χ3v) is 6.85. The highest BCUT2D eigenvalue weighted by molar-refractivity contribution is 7.91. The van der Waals surface area contributed by atoms with Gasteiger partial charge in [0, 0.05) is 31.6 Å². The van der Waals surface area contributed by atoms with Crippen molar-refractivity contribution >= 4 is 21.4 Å². The fourth-order valence-corrected chi connectivity index (χ4v) is 5.37. The summed E-state index contributed by atoms with van der Waals surface area (Å²) in [4.78, 5) is 1.05. The monoisotopic (exact) mass is 318 g/mol. The molecule has 5 nitrogen and oxygen atoms in total. The van der Waals surface area contributed by atoms with Gasteiger partial charge in [0.2, 0.25) is 0 Å². The summed E-state index contributed by atoms with van der Waals surface area (Å²) in [7, 11) is -1.67. The first-order valence-electron chi connectivity index (χ1n) is 6.86. The molecule has 0 saturated carbocycles. The highest BCUT2D eigenvalue weighted by Crippen LogP contribution is 2.29. The second kappa shape index (κ2) is 7.00. The highest BCUT2D eigenvalue weighted by Gasteiger charge is 2.33. The van der Waals surface area contributed by atoms with E-state index in [1.54, 1.807) is 17.5 Å². The lowest BCUT2D eigenvalue weighted by molar-refractivity contribution is 0.157. The van der Waals surface area contributed by atoms with Crippen LogP contribution in [0.2, 0.25) is 0 Å². The second-order valence-electron chi connectivity index (χ2n) is 4.97. The standard InChI is InChI=1S/C13H22N2O3S2/c1-3-14-8-12-4-5-13(19-12)20(16,17)15-7-6-11(9-15)10-18-2/h4-5,11,14H,3,6-10H2,1-2H3. The summed E-state index contributed by atoms with van der Waals surface area (Å²) in [5.41, 5.74) is 0. The summed E-state index contributed by atoms with van der Waals surface area (Å²) in [6.07, 6.45) is 0.878. The van der Waals surface area contributed by atoms with Crippen molar-refractivity contribution in [3.05, 3.63) is 17.0 Å². The zero-order chi connectivity index (χ0) is 14.6. The number of hydrogen-bond acceptors (Lipinski definition) is 5. The van der Waals surface area contributed by atoms with Gasteiger partial charge in [-0.2, -0.15) is 4.31 Å². The topological polar surface area (TPSA) is 58.6 Å². The predicted octanol–water partition coefficient (Wildman–Crippen LogP) is 1.51. The smallest absolute Gasteiger partial charge is 0.252 e. The Bertz CT molecular complexity index is 527. The van der Waals surface area contributed by atoms with E-state index in [4.69, 9.17) is 4.74 Å². The summed E-state index contributed by atoms with van der Waals surface area (Å²) >= 11 is 1.36. The van der Waals surface area contributed by atoms with E-state index in [1.165, 1.54) is 11.3 Å². The third-order valence-electron chi connectivity index (χ3n) is 3.43. The summed E-state index contributed by atoms with van der Waals surface area (Å²) in [6.45, 7) is 5.43. The molecule has 7 heteroatoms. The van der Waals surface area contributed by atoms with Gasteiger partial charge in [0.05, 0.1) is 6.61 Å². The van der Waals surface area contributed by atoms with Crippen molar-refractivity contribution in [3.8, 4) is 0 Å². The number of thiophene rings is 1. The number of methoxy groups -OCH3 is 1. The minimum absolute atomic E-state index is 0.316. The average Bonchev–Trinajstić information content (AvgIpc) is 3.06. The molecule has 0 amide bonds. The Morgan fingerprint density at radius 3 is 3.00 bits per heavy atom. The molecule has 1 N–H and O–H groups in total. The molecule has 1 aliphatic heterocycles. The molecule has 114 valence electrons. The summed E-state index contributed by atoms with van der Waals surface area (Å²) in [6, 6.07) is 3.61. The molecular weight excluding hydrogens is 296 g/mol. The summed E-state index contributed by atoms with van der Waals surface area (Å²) in [5.74, 6) is 0.316. The molecule has 0 radical (unpaired) electrons. The van der Waals surface area contributed by atoms with Crippen molar-refractivity contribution in [2.24, 2.45) is 5.92 Å². The second-order valence-corrected chi connectivity index (χ2v) is 8.31. The van der Waals surface area contributed by atoms with Crippen LogP contribution in [-0.2, 0) is 21.3 Å². The molecule has 1 aliphatic rings. The Morgan fingerprint density at radius 1 is 1.50 bits per heavy atom. The molecule has 0 aromatic carbocycles. The molecule has 1 saturated heterocycles. The molecule has 1 aromatic rings. The van der Waals surface area contributed by atoms with Gasteiger partial charge in [-0.05, 0) is 31.0 Å². The van der Waals surface area contributed by atoms with Crippen LogP contribution in [0.25, 0.3) is 0 Å². The van der Waals surface area contributed by atoms with Gasteiger partial charge >= 0.3 is 0 Å². The Morgan fingerprint density at radius 2 is 2.30 bits per heavy atom. The Balaban J connectivity index is 2.05. The van der Waals surface area contributed by atoms with Crippen molar-refractivity contribution in [1.29, 1.82) is 0 Å². The maximum atomic E-state index is 12.5. The van der Waals surface area contributed by atoms with E-state index < -0.39 is 10.0 Å². The molecule has 1 atom stereocenters. The van der Waals surface area contributed by atoms with Crippen molar-refractivity contribution in [1.82, 2.24) is 9.62 Å². The quantitative estimate of drug-likeness (QED) is 0.828. The maximum absolute atomic E-state index is 12.5. The molecular formula is C13H22N2O3S2. The molecule has 0 aliphatic carbocycles. The summed E-state index contributed by atoms with van der Waals surface area (Å²) in [5, 5.41) is 3.21. The number of nitrogens with zero attached hydrogens (tertiary/aromatic N) is 1. The molecule has 1 aromatic heterocycles. The first-order valence-corrected chi connectivity index (χ1v) is 9.12. The fraction of sp³-hybridized carbons (Fsp3) is 0.692. The average molecular weight is 318 g/mol. The van der Waals surface area contributed by atoms with E-state index in [-0.39, 0.29) is 0 Å². The van der Waals surface area contributed by atoms with Crippen LogP contribution >= 0.6 is 11.3 Å². The highest BCUT2D eigenvalue weighted by atomic mass is 32.2. The van der Waals surface area contributed by atoms with Crippen molar-refractivity contribution in [3.63, 3.8) is 0 Å². The van der Waals surface area contributed by atoms with E-state index in [2.05, 4.69) is 5.32 Å². The van der Waals surface area contributed by atoms with E-state index in [0.717, 1.165) is 24.4 Å². The summed E-state index contributed by atoms with van der Waals surface area (Å²) < 4.78 is 32.2. The Labute approximate surface area is 125 Å². The minimum Gasteiger partial charge on any atom is -0.384 e. The molecule has 20 heavy (non-hydrogen) atoms. The van der Waals surface area contributed by atoms with Crippen LogP contribution in [0.1, 0.15) is 18.2 Å². The molecule has 0 bridgehead atoms. The van der Waals surface area contributed by atoms with E-state index >= 15 is 0 Å². The normalized spacial score (nSPS) is 20.6. The lowest BCUT2D eigenvalue weighted by atomic mass is 10.1. The van der Waals surface area contributed by atoms with Crippen LogP contribution in [0.3, 0.4) is 0 Å².